The van der Waals surface area contributed by atoms with E-state index in [1.165, 1.54) is 0 Å². The molecule has 0 unspecified atom stereocenters. The zero-order chi connectivity index (χ0) is 13.7. The second-order valence-electron chi connectivity index (χ2n) is 4.73. The molecule has 1 aromatic carbocycles. The topological polar surface area (TPSA) is 34.0 Å². The Hall–Kier alpha value is -2.03. The van der Waals surface area contributed by atoms with Gasteiger partial charge in [0.1, 0.15) is 5.69 Å². The zero-order valence-electron chi connectivity index (χ0n) is 11.5. The van der Waals surface area contributed by atoms with Crippen LogP contribution in [-0.2, 0) is 7.05 Å². The molecular formula is C16H20N2O. The Balaban J connectivity index is 2.14. The van der Waals surface area contributed by atoms with Crippen LogP contribution in [-0.4, -0.2) is 10.5 Å². The molecule has 1 N–H and O–H groups in total. The van der Waals surface area contributed by atoms with Crippen LogP contribution in [0.4, 0.5) is 0 Å². The van der Waals surface area contributed by atoms with E-state index in [-0.39, 0.29) is 11.9 Å². The van der Waals surface area contributed by atoms with Gasteiger partial charge in [0, 0.05) is 13.2 Å². The number of rotatable bonds is 5. The highest BCUT2D eigenvalue weighted by atomic mass is 16.2. The van der Waals surface area contributed by atoms with E-state index in [2.05, 4.69) is 24.4 Å². The average Bonchev–Trinajstić information content (AvgIpc) is 2.85. The molecule has 0 spiro atoms. The molecule has 0 aliphatic heterocycles. The van der Waals surface area contributed by atoms with E-state index < -0.39 is 0 Å². The smallest absolute Gasteiger partial charge is 0.268 e. The molecule has 0 aliphatic carbocycles. The molecule has 1 heterocycles. The van der Waals surface area contributed by atoms with Crippen LogP contribution in [0.5, 0.6) is 0 Å². The van der Waals surface area contributed by atoms with Gasteiger partial charge >= 0.3 is 0 Å². The Bertz CT molecular complexity index is 531. The van der Waals surface area contributed by atoms with Crippen LogP contribution in [0, 0.1) is 0 Å². The van der Waals surface area contributed by atoms with Crippen LogP contribution in [0.2, 0.25) is 0 Å². The van der Waals surface area contributed by atoms with Gasteiger partial charge in [-0.25, -0.2) is 0 Å². The van der Waals surface area contributed by atoms with Crippen molar-refractivity contribution in [2.75, 3.05) is 0 Å². The van der Waals surface area contributed by atoms with Gasteiger partial charge in [-0.2, -0.15) is 0 Å². The summed E-state index contributed by atoms with van der Waals surface area (Å²) in [7, 11) is 1.88. The lowest BCUT2D eigenvalue weighted by molar-refractivity contribution is 0.0926. The molecule has 0 radical (unpaired) electrons. The Kier molecular flexibility index (Phi) is 4.39. The van der Waals surface area contributed by atoms with Gasteiger partial charge in [-0.15, -0.1) is 0 Å². The summed E-state index contributed by atoms with van der Waals surface area (Å²) in [6.07, 6.45) is 3.86. The van der Waals surface area contributed by atoms with Crippen LogP contribution >= 0.6 is 0 Å². The van der Waals surface area contributed by atoms with E-state index in [0.29, 0.717) is 5.69 Å². The number of hydrogen-bond acceptors (Lipinski definition) is 1. The van der Waals surface area contributed by atoms with E-state index in [0.717, 1.165) is 18.4 Å². The van der Waals surface area contributed by atoms with Crippen LogP contribution < -0.4 is 5.32 Å². The number of amides is 1. The summed E-state index contributed by atoms with van der Waals surface area (Å²) in [5.41, 5.74) is 1.85. The van der Waals surface area contributed by atoms with Gasteiger partial charge < -0.3 is 9.88 Å². The maximum atomic E-state index is 12.3. The minimum atomic E-state index is -0.0187. The molecular weight excluding hydrogens is 236 g/mol. The van der Waals surface area contributed by atoms with Crippen molar-refractivity contribution < 1.29 is 4.79 Å². The van der Waals surface area contributed by atoms with Crippen molar-refractivity contribution >= 4 is 5.91 Å². The molecule has 0 fully saturated rings. The number of nitrogens with zero attached hydrogens (tertiary/aromatic N) is 1. The maximum absolute atomic E-state index is 12.3. The summed E-state index contributed by atoms with van der Waals surface area (Å²) in [6.45, 7) is 2.13. The third-order valence-corrected chi connectivity index (χ3v) is 3.26. The Morgan fingerprint density at radius 1 is 1.21 bits per heavy atom. The molecule has 1 amide bonds. The summed E-state index contributed by atoms with van der Waals surface area (Å²) in [4.78, 5) is 12.3. The van der Waals surface area contributed by atoms with Crippen LogP contribution in [0.1, 0.15) is 41.9 Å². The highest BCUT2D eigenvalue weighted by Gasteiger charge is 2.16. The van der Waals surface area contributed by atoms with Crippen LogP contribution in [0.3, 0.4) is 0 Å². The third kappa shape index (κ3) is 3.25. The second-order valence-corrected chi connectivity index (χ2v) is 4.73. The number of hydrogen-bond donors (Lipinski definition) is 1. The lowest BCUT2D eigenvalue weighted by Crippen LogP contribution is -2.29. The highest BCUT2D eigenvalue weighted by Crippen LogP contribution is 2.18. The van der Waals surface area contributed by atoms with Crippen molar-refractivity contribution in [1.82, 2.24) is 9.88 Å². The van der Waals surface area contributed by atoms with Gasteiger partial charge in [0.25, 0.3) is 5.91 Å². The molecule has 1 aromatic heterocycles. The van der Waals surface area contributed by atoms with Gasteiger partial charge in [-0.05, 0) is 24.1 Å². The molecule has 0 bridgehead atoms. The molecule has 0 aliphatic rings. The lowest BCUT2D eigenvalue weighted by Gasteiger charge is -2.18. The number of carbonyl (C=O) groups is 1. The predicted octanol–water partition coefficient (Wildman–Crippen LogP) is 3.30. The molecule has 0 saturated heterocycles. The summed E-state index contributed by atoms with van der Waals surface area (Å²) in [5.74, 6) is -0.0187. The number of aryl methyl sites for hydroxylation is 1. The van der Waals surface area contributed by atoms with E-state index in [1.54, 1.807) is 0 Å². The quantitative estimate of drug-likeness (QED) is 0.875. The monoisotopic (exact) mass is 256 g/mol. The fraction of sp³-hybridized carbons (Fsp3) is 0.312. The standard InChI is InChI=1S/C16H20N2O/c1-3-8-14(13-9-5-4-6-10-13)17-16(19)15-11-7-12-18(15)2/h4-7,9-12,14H,3,8H2,1-2H3,(H,17,19)/t14-/m1/s1. The minimum Gasteiger partial charge on any atom is -0.347 e. The van der Waals surface area contributed by atoms with Crippen LogP contribution in [0.15, 0.2) is 48.7 Å². The molecule has 100 valence electrons. The second kappa shape index (κ2) is 6.23. The van der Waals surface area contributed by atoms with Gasteiger partial charge in [0.2, 0.25) is 0 Å². The van der Waals surface area contributed by atoms with Gasteiger partial charge in [-0.1, -0.05) is 43.7 Å². The molecule has 0 saturated carbocycles. The molecule has 1 atom stereocenters. The summed E-state index contributed by atoms with van der Waals surface area (Å²) < 4.78 is 1.84. The fourth-order valence-electron chi connectivity index (χ4n) is 2.23. The Morgan fingerprint density at radius 2 is 1.95 bits per heavy atom. The van der Waals surface area contributed by atoms with E-state index in [9.17, 15) is 4.79 Å². The van der Waals surface area contributed by atoms with E-state index in [4.69, 9.17) is 0 Å². The van der Waals surface area contributed by atoms with E-state index in [1.807, 2.05) is 48.1 Å². The summed E-state index contributed by atoms with van der Waals surface area (Å²) in [5, 5.41) is 3.12. The molecule has 2 aromatic rings. The maximum Gasteiger partial charge on any atom is 0.268 e. The van der Waals surface area contributed by atoms with Crippen LogP contribution in [0.25, 0.3) is 0 Å². The summed E-state index contributed by atoms with van der Waals surface area (Å²) >= 11 is 0. The highest BCUT2D eigenvalue weighted by molar-refractivity contribution is 5.93. The molecule has 19 heavy (non-hydrogen) atoms. The van der Waals surface area contributed by atoms with E-state index >= 15 is 0 Å². The molecule has 2 rings (SSSR count). The van der Waals surface area contributed by atoms with Crippen molar-refractivity contribution in [3.8, 4) is 0 Å². The van der Waals surface area contributed by atoms with Crippen molar-refractivity contribution in [2.45, 2.75) is 25.8 Å². The summed E-state index contributed by atoms with van der Waals surface area (Å²) in [6, 6.07) is 13.9. The zero-order valence-corrected chi connectivity index (χ0v) is 11.5. The van der Waals surface area contributed by atoms with Gasteiger partial charge in [0.05, 0.1) is 6.04 Å². The molecule has 3 nitrogen and oxygen atoms in total. The Morgan fingerprint density at radius 3 is 2.53 bits per heavy atom. The first kappa shape index (κ1) is 13.4. The average molecular weight is 256 g/mol. The number of nitrogens with one attached hydrogen (secondary N) is 1. The van der Waals surface area contributed by atoms with Gasteiger partial charge in [0.15, 0.2) is 0 Å². The van der Waals surface area contributed by atoms with Crippen molar-refractivity contribution in [1.29, 1.82) is 0 Å². The first-order chi connectivity index (χ1) is 9.22. The van der Waals surface area contributed by atoms with Gasteiger partial charge in [-0.3, -0.25) is 4.79 Å². The van der Waals surface area contributed by atoms with Crippen molar-refractivity contribution in [3.05, 3.63) is 59.9 Å². The third-order valence-electron chi connectivity index (χ3n) is 3.26. The lowest BCUT2D eigenvalue weighted by atomic mass is 10.0. The first-order valence-electron chi connectivity index (χ1n) is 6.69. The number of benzene rings is 1. The fourth-order valence-corrected chi connectivity index (χ4v) is 2.23. The number of aromatic nitrogens is 1. The van der Waals surface area contributed by atoms with Crippen molar-refractivity contribution in [3.63, 3.8) is 0 Å². The van der Waals surface area contributed by atoms with Crippen molar-refractivity contribution in [2.24, 2.45) is 7.05 Å². The Labute approximate surface area is 114 Å². The molecule has 3 heteroatoms. The largest absolute Gasteiger partial charge is 0.347 e. The number of carbonyl (C=O) groups excluding carboxylic acids is 1. The SMILES string of the molecule is CCC[C@@H](NC(=O)c1cccn1C)c1ccccc1. The normalized spacial score (nSPS) is 12.1. The predicted molar refractivity (Wildman–Crippen MR) is 77.0 cm³/mol. The first-order valence-corrected chi connectivity index (χ1v) is 6.69. The minimum absolute atomic E-state index is 0.0187.